The number of nitrogens with zero attached hydrogens (tertiary/aromatic N) is 1. The Balaban J connectivity index is 3.18. The van der Waals surface area contributed by atoms with Crippen LogP contribution >= 0.6 is 0 Å². The van der Waals surface area contributed by atoms with Crippen molar-refractivity contribution in [3.63, 3.8) is 0 Å². The predicted molar refractivity (Wildman–Crippen MR) is 51.4 cm³/mol. The van der Waals surface area contributed by atoms with Crippen LogP contribution in [0, 0.1) is 25.2 Å². The van der Waals surface area contributed by atoms with Gasteiger partial charge in [-0.15, -0.1) is 0 Å². The van der Waals surface area contributed by atoms with Gasteiger partial charge in [-0.3, -0.25) is 0 Å². The fourth-order valence-electron chi connectivity index (χ4n) is 1.38. The number of aryl methyl sites for hydroxylation is 1. The van der Waals surface area contributed by atoms with E-state index in [1.54, 1.807) is 0 Å². The molecule has 0 spiro atoms. The lowest BCUT2D eigenvalue weighted by Gasteiger charge is -2.07. The molecule has 13 heavy (non-hydrogen) atoms. The average Bonchev–Trinajstić information content (AvgIpc) is 2.13. The molecule has 0 aliphatic rings. The molecule has 0 aliphatic heterocycles. The van der Waals surface area contributed by atoms with Gasteiger partial charge in [-0.1, -0.05) is 0 Å². The summed E-state index contributed by atoms with van der Waals surface area (Å²) in [6.45, 7) is 4.13. The Morgan fingerprint density at radius 2 is 2.08 bits per heavy atom. The molecule has 2 nitrogen and oxygen atoms in total. The van der Waals surface area contributed by atoms with Crippen molar-refractivity contribution in [1.29, 1.82) is 5.26 Å². The van der Waals surface area contributed by atoms with E-state index in [9.17, 15) is 0 Å². The van der Waals surface area contributed by atoms with Crippen molar-refractivity contribution in [2.75, 3.05) is 6.61 Å². The monoisotopic (exact) mass is 175 g/mol. The largest absolute Gasteiger partial charge is 0.396 e. The molecular weight excluding hydrogens is 162 g/mol. The number of aliphatic hydroxyl groups is 1. The Morgan fingerprint density at radius 1 is 1.38 bits per heavy atom. The number of nitriles is 1. The first-order valence-corrected chi connectivity index (χ1v) is 4.30. The highest BCUT2D eigenvalue weighted by molar-refractivity contribution is 5.42. The minimum absolute atomic E-state index is 0.134. The van der Waals surface area contributed by atoms with Crippen molar-refractivity contribution >= 4 is 0 Å². The fraction of sp³-hybridized carbons (Fsp3) is 0.364. The second kappa shape index (κ2) is 4.06. The normalized spacial score (nSPS) is 9.69. The molecule has 1 aromatic carbocycles. The van der Waals surface area contributed by atoms with Gasteiger partial charge in [0.15, 0.2) is 0 Å². The van der Waals surface area contributed by atoms with Crippen molar-refractivity contribution in [1.82, 2.24) is 0 Å². The Labute approximate surface area is 78.4 Å². The van der Waals surface area contributed by atoms with E-state index in [0.717, 1.165) is 11.1 Å². The lowest BCUT2D eigenvalue weighted by molar-refractivity contribution is 0.299. The van der Waals surface area contributed by atoms with Crippen molar-refractivity contribution in [3.8, 4) is 6.07 Å². The molecule has 0 aliphatic carbocycles. The molecule has 1 N–H and O–H groups in total. The molecule has 0 bridgehead atoms. The first kappa shape index (κ1) is 9.76. The molecule has 1 aromatic rings. The highest BCUT2D eigenvalue weighted by Gasteiger charge is 2.03. The third-order valence-electron chi connectivity index (χ3n) is 2.29. The van der Waals surface area contributed by atoms with E-state index in [1.807, 2.05) is 26.0 Å². The van der Waals surface area contributed by atoms with E-state index in [0.29, 0.717) is 12.0 Å². The Morgan fingerprint density at radius 3 is 2.62 bits per heavy atom. The van der Waals surface area contributed by atoms with Crippen LogP contribution in [0.4, 0.5) is 0 Å². The van der Waals surface area contributed by atoms with Crippen LogP contribution in [0.2, 0.25) is 0 Å². The molecular formula is C11H13NO. The highest BCUT2D eigenvalue weighted by Crippen LogP contribution is 2.16. The molecule has 68 valence electrons. The van der Waals surface area contributed by atoms with Crippen molar-refractivity contribution < 1.29 is 5.11 Å². The predicted octanol–water partition coefficient (Wildman–Crippen LogP) is 1.71. The second-order valence-electron chi connectivity index (χ2n) is 3.16. The summed E-state index contributed by atoms with van der Waals surface area (Å²) in [6, 6.07) is 5.83. The number of aliphatic hydroxyl groups excluding tert-OH is 1. The van der Waals surface area contributed by atoms with Gasteiger partial charge in [-0.2, -0.15) is 5.26 Å². The van der Waals surface area contributed by atoms with Gasteiger partial charge >= 0.3 is 0 Å². The van der Waals surface area contributed by atoms with Crippen molar-refractivity contribution in [2.24, 2.45) is 0 Å². The van der Waals surface area contributed by atoms with E-state index >= 15 is 0 Å². The van der Waals surface area contributed by atoms with Crippen LogP contribution in [0.1, 0.15) is 22.3 Å². The number of hydrogen-bond acceptors (Lipinski definition) is 2. The molecule has 0 fully saturated rings. The maximum atomic E-state index is 8.82. The van der Waals surface area contributed by atoms with E-state index in [4.69, 9.17) is 10.4 Å². The molecule has 0 amide bonds. The summed E-state index contributed by atoms with van der Waals surface area (Å²) in [5, 5.41) is 17.5. The standard InChI is InChI=1S/C11H13NO/c1-8-5-10(7-12)6-11(3-4-13)9(8)2/h5-6,13H,3-4H2,1-2H3. The van der Waals surface area contributed by atoms with E-state index in [2.05, 4.69) is 6.07 Å². The Kier molecular flexibility index (Phi) is 3.05. The Bertz CT molecular complexity index is 350. The summed E-state index contributed by atoms with van der Waals surface area (Å²) in [5.41, 5.74) is 4.03. The number of hydrogen-bond donors (Lipinski definition) is 1. The molecule has 0 heterocycles. The molecule has 0 aromatic heterocycles. The van der Waals surface area contributed by atoms with Crippen LogP contribution in [0.25, 0.3) is 0 Å². The number of benzene rings is 1. The van der Waals surface area contributed by atoms with Gasteiger partial charge in [0.25, 0.3) is 0 Å². The molecule has 2 heteroatoms. The van der Waals surface area contributed by atoms with Crippen LogP contribution in [-0.2, 0) is 6.42 Å². The zero-order valence-corrected chi connectivity index (χ0v) is 7.96. The quantitative estimate of drug-likeness (QED) is 0.743. The lowest BCUT2D eigenvalue weighted by atomic mass is 9.98. The molecule has 0 saturated carbocycles. The number of rotatable bonds is 2. The van der Waals surface area contributed by atoms with E-state index < -0.39 is 0 Å². The average molecular weight is 175 g/mol. The van der Waals surface area contributed by atoms with Crippen molar-refractivity contribution in [3.05, 3.63) is 34.4 Å². The zero-order valence-electron chi connectivity index (χ0n) is 7.96. The van der Waals surface area contributed by atoms with Gasteiger partial charge in [0.2, 0.25) is 0 Å². The second-order valence-corrected chi connectivity index (χ2v) is 3.16. The topological polar surface area (TPSA) is 44.0 Å². The third kappa shape index (κ3) is 2.07. The van der Waals surface area contributed by atoms with Crippen LogP contribution in [0.15, 0.2) is 12.1 Å². The summed E-state index contributed by atoms with van der Waals surface area (Å²) >= 11 is 0. The van der Waals surface area contributed by atoms with Crippen LogP contribution in [-0.4, -0.2) is 11.7 Å². The molecule has 1 rings (SSSR count). The minimum atomic E-state index is 0.134. The summed E-state index contributed by atoms with van der Waals surface area (Å²) < 4.78 is 0. The summed E-state index contributed by atoms with van der Waals surface area (Å²) in [6.07, 6.45) is 0.627. The fourth-order valence-corrected chi connectivity index (χ4v) is 1.38. The lowest BCUT2D eigenvalue weighted by Crippen LogP contribution is -1.97. The van der Waals surface area contributed by atoms with E-state index in [-0.39, 0.29) is 6.61 Å². The Hall–Kier alpha value is -1.33. The van der Waals surface area contributed by atoms with Crippen LogP contribution < -0.4 is 0 Å². The summed E-state index contributed by atoms with van der Waals surface area (Å²) in [4.78, 5) is 0. The molecule has 0 radical (unpaired) electrons. The SMILES string of the molecule is Cc1cc(C#N)cc(CCO)c1C. The smallest absolute Gasteiger partial charge is 0.0991 e. The van der Waals surface area contributed by atoms with Crippen LogP contribution in [0.3, 0.4) is 0 Å². The zero-order chi connectivity index (χ0) is 9.84. The van der Waals surface area contributed by atoms with Gasteiger partial charge < -0.3 is 5.11 Å². The minimum Gasteiger partial charge on any atom is -0.396 e. The molecule has 0 saturated heterocycles. The van der Waals surface area contributed by atoms with E-state index in [1.165, 1.54) is 5.56 Å². The summed E-state index contributed by atoms with van der Waals surface area (Å²) in [7, 11) is 0. The highest BCUT2D eigenvalue weighted by atomic mass is 16.2. The maximum absolute atomic E-state index is 8.82. The van der Waals surface area contributed by atoms with Gasteiger partial charge in [-0.05, 0) is 49.1 Å². The maximum Gasteiger partial charge on any atom is 0.0991 e. The van der Waals surface area contributed by atoms with Gasteiger partial charge in [0, 0.05) is 6.61 Å². The van der Waals surface area contributed by atoms with Gasteiger partial charge in [0.1, 0.15) is 0 Å². The van der Waals surface area contributed by atoms with Gasteiger partial charge in [0.05, 0.1) is 11.6 Å². The molecule has 0 unspecified atom stereocenters. The summed E-state index contributed by atoms with van der Waals surface area (Å²) in [5.74, 6) is 0. The van der Waals surface area contributed by atoms with Gasteiger partial charge in [-0.25, -0.2) is 0 Å². The van der Waals surface area contributed by atoms with Crippen LogP contribution in [0.5, 0.6) is 0 Å². The third-order valence-corrected chi connectivity index (χ3v) is 2.29. The first-order chi connectivity index (χ1) is 6.19. The molecule has 0 atom stereocenters. The van der Waals surface area contributed by atoms with Crippen molar-refractivity contribution in [2.45, 2.75) is 20.3 Å². The first-order valence-electron chi connectivity index (χ1n) is 4.30.